The number of benzene rings is 2. The third kappa shape index (κ3) is 5.07. The number of aryl methyl sites for hydroxylation is 1. The molecule has 0 atom stereocenters. The van der Waals surface area contributed by atoms with Crippen molar-refractivity contribution in [1.29, 1.82) is 0 Å². The molecule has 0 saturated carbocycles. The normalized spacial score (nSPS) is 10.8. The van der Waals surface area contributed by atoms with Crippen LogP contribution in [0.25, 0.3) is 0 Å². The average Bonchev–Trinajstić information content (AvgIpc) is 3.07. The van der Waals surface area contributed by atoms with Gasteiger partial charge in [-0.25, -0.2) is 4.98 Å². The Bertz CT molecular complexity index is 863. The van der Waals surface area contributed by atoms with Gasteiger partial charge in [0, 0.05) is 5.38 Å². The van der Waals surface area contributed by atoms with E-state index in [0.29, 0.717) is 19.0 Å². The van der Waals surface area contributed by atoms with Crippen LogP contribution < -0.4 is 14.9 Å². The molecule has 134 valence electrons. The summed E-state index contributed by atoms with van der Waals surface area (Å²) in [6.07, 6.45) is 1.74. The predicted octanol–water partition coefficient (Wildman–Crippen LogP) is 4.88. The summed E-state index contributed by atoms with van der Waals surface area (Å²) in [6.45, 7) is 4.97. The van der Waals surface area contributed by atoms with Gasteiger partial charge in [-0.3, -0.25) is 5.43 Å². The first-order chi connectivity index (χ1) is 12.7. The monoisotopic (exact) mass is 367 g/mol. The van der Waals surface area contributed by atoms with E-state index in [1.165, 1.54) is 11.3 Å². The molecule has 0 spiro atoms. The van der Waals surface area contributed by atoms with Gasteiger partial charge in [0.2, 0.25) is 5.13 Å². The number of hydrogen-bond acceptors (Lipinski definition) is 6. The zero-order valence-electron chi connectivity index (χ0n) is 14.8. The molecule has 3 aromatic rings. The molecule has 0 saturated heterocycles. The molecule has 0 fully saturated rings. The van der Waals surface area contributed by atoms with Crippen molar-refractivity contribution in [2.24, 2.45) is 5.10 Å². The van der Waals surface area contributed by atoms with E-state index in [0.717, 1.165) is 27.7 Å². The summed E-state index contributed by atoms with van der Waals surface area (Å²) < 4.78 is 11.6. The lowest BCUT2D eigenvalue weighted by atomic mass is 10.2. The van der Waals surface area contributed by atoms with Crippen LogP contribution in [0, 0.1) is 6.92 Å². The third-order valence-corrected chi connectivity index (χ3v) is 4.36. The van der Waals surface area contributed by atoms with Gasteiger partial charge in [0.15, 0.2) is 11.5 Å². The highest BCUT2D eigenvalue weighted by Crippen LogP contribution is 2.29. The molecule has 1 heterocycles. The summed E-state index contributed by atoms with van der Waals surface area (Å²) in [5.41, 5.74) is 5.94. The van der Waals surface area contributed by atoms with Crippen molar-refractivity contribution < 1.29 is 9.47 Å². The first-order valence-corrected chi connectivity index (χ1v) is 9.27. The van der Waals surface area contributed by atoms with Crippen LogP contribution in [0.1, 0.15) is 23.7 Å². The maximum Gasteiger partial charge on any atom is 0.203 e. The van der Waals surface area contributed by atoms with Crippen LogP contribution in [0.2, 0.25) is 0 Å². The van der Waals surface area contributed by atoms with E-state index in [1.54, 1.807) is 6.21 Å². The molecule has 1 N–H and O–H groups in total. The van der Waals surface area contributed by atoms with Crippen molar-refractivity contribution in [1.82, 2.24) is 4.98 Å². The Labute approximate surface area is 157 Å². The second kappa shape index (κ2) is 9.01. The molecule has 0 bridgehead atoms. The Morgan fingerprint density at radius 3 is 2.69 bits per heavy atom. The number of anilines is 1. The number of aromatic nitrogens is 1. The van der Waals surface area contributed by atoms with Gasteiger partial charge in [-0.15, -0.1) is 11.3 Å². The SMILES string of the molecule is CCOc1cc(/C=N\Nc2nc(C)cs2)ccc1OCc1ccccc1. The Balaban J connectivity index is 1.67. The van der Waals surface area contributed by atoms with Crippen LogP contribution in [0.5, 0.6) is 11.5 Å². The fourth-order valence-electron chi connectivity index (χ4n) is 2.30. The molecule has 26 heavy (non-hydrogen) atoms. The molecule has 0 radical (unpaired) electrons. The molecule has 5 nitrogen and oxygen atoms in total. The summed E-state index contributed by atoms with van der Waals surface area (Å²) in [5.74, 6) is 1.42. The van der Waals surface area contributed by atoms with E-state index >= 15 is 0 Å². The van der Waals surface area contributed by atoms with Gasteiger partial charge in [-0.1, -0.05) is 30.3 Å². The fourth-order valence-corrected chi connectivity index (χ4v) is 2.93. The minimum absolute atomic E-state index is 0.499. The summed E-state index contributed by atoms with van der Waals surface area (Å²) in [7, 11) is 0. The second-order valence-corrected chi connectivity index (χ2v) is 6.44. The molecule has 3 rings (SSSR count). The summed E-state index contributed by atoms with van der Waals surface area (Å²) in [6, 6.07) is 15.8. The Morgan fingerprint density at radius 1 is 1.12 bits per heavy atom. The maximum atomic E-state index is 5.91. The third-order valence-electron chi connectivity index (χ3n) is 3.50. The highest BCUT2D eigenvalue weighted by atomic mass is 32.1. The minimum atomic E-state index is 0.499. The summed E-state index contributed by atoms with van der Waals surface area (Å²) in [5, 5.41) is 6.97. The molecular formula is C20H21N3O2S. The molecular weight excluding hydrogens is 346 g/mol. The number of thiazole rings is 1. The van der Waals surface area contributed by atoms with Crippen molar-refractivity contribution in [2.45, 2.75) is 20.5 Å². The van der Waals surface area contributed by atoms with Gasteiger partial charge in [-0.2, -0.15) is 5.10 Å². The first-order valence-electron chi connectivity index (χ1n) is 8.39. The van der Waals surface area contributed by atoms with Crippen molar-refractivity contribution in [2.75, 3.05) is 12.0 Å². The van der Waals surface area contributed by atoms with E-state index in [1.807, 2.05) is 67.8 Å². The average molecular weight is 367 g/mol. The molecule has 0 unspecified atom stereocenters. The molecule has 0 aliphatic carbocycles. The zero-order valence-corrected chi connectivity index (χ0v) is 15.6. The van der Waals surface area contributed by atoms with Gasteiger partial charge in [0.1, 0.15) is 6.61 Å². The number of nitrogens with one attached hydrogen (secondary N) is 1. The van der Waals surface area contributed by atoms with Crippen molar-refractivity contribution in [3.05, 3.63) is 70.7 Å². The van der Waals surface area contributed by atoms with Crippen LogP contribution in [-0.2, 0) is 6.61 Å². The number of nitrogens with zero attached hydrogens (tertiary/aromatic N) is 2. The molecule has 6 heteroatoms. The van der Waals surface area contributed by atoms with Crippen molar-refractivity contribution in [3.8, 4) is 11.5 Å². The van der Waals surface area contributed by atoms with Crippen LogP contribution in [0.15, 0.2) is 59.0 Å². The van der Waals surface area contributed by atoms with Gasteiger partial charge in [0.05, 0.1) is 18.5 Å². The lowest BCUT2D eigenvalue weighted by molar-refractivity contribution is 0.269. The van der Waals surface area contributed by atoms with Crippen LogP contribution in [0.4, 0.5) is 5.13 Å². The van der Waals surface area contributed by atoms with E-state index < -0.39 is 0 Å². The van der Waals surface area contributed by atoms with Crippen molar-refractivity contribution in [3.63, 3.8) is 0 Å². The van der Waals surface area contributed by atoms with E-state index in [9.17, 15) is 0 Å². The maximum absolute atomic E-state index is 5.91. The molecule has 1 aromatic heterocycles. The second-order valence-electron chi connectivity index (χ2n) is 5.58. The van der Waals surface area contributed by atoms with Gasteiger partial charge in [-0.05, 0) is 43.2 Å². The van der Waals surface area contributed by atoms with Crippen LogP contribution in [0.3, 0.4) is 0 Å². The number of hydrazone groups is 1. The Morgan fingerprint density at radius 2 is 1.96 bits per heavy atom. The first kappa shape index (κ1) is 17.9. The number of rotatable bonds is 8. The zero-order chi connectivity index (χ0) is 18.2. The molecule has 0 aliphatic heterocycles. The topological polar surface area (TPSA) is 55.7 Å². The van der Waals surface area contributed by atoms with Gasteiger partial charge in [0.25, 0.3) is 0 Å². The lowest BCUT2D eigenvalue weighted by Crippen LogP contribution is -2.00. The largest absolute Gasteiger partial charge is 0.490 e. The number of ether oxygens (including phenoxy) is 2. The van der Waals surface area contributed by atoms with E-state index in [4.69, 9.17) is 9.47 Å². The summed E-state index contributed by atoms with van der Waals surface area (Å²) >= 11 is 1.52. The fraction of sp³-hybridized carbons (Fsp3) is 0.200. The standard InChI is InChI=1S/C20H21N3O2S/c1-3-24-19-11-17(12-21-23-20-22-15(2)14-26-20)9-10-18(19)25-13-16-7-5-4-6-8-16/h4-12,14H,3,13H2,1-2H3,(H,22,23)/b21-12-. The molecule has 2 aromatic carbocycles. The summed E-state index contributed by atoms with van der Waals surface area (Å²) in [4.78, 5) is 4.31. The lowest BCUT2D eigenvalue weighted by Gasteiger charge is -2.12. The smallest absolute Gasteiger partial charge is 0.203 e. The molecule has 0 amide bonds. The van der Waals surface area contributed by atoms with Crippen molar-refractivity contribution >= 4 is 22.7 Å². The van der Waals surface area contributed by atoms with Crippen LogP contribution >= 0.6 is 11.3 Å². The number of hydrogen-bond donors (Lipinski definition) is 1. The molecule has 0 aliphatic rings. The predicted molar refractivity (Wildman–Crippen MR) is 106 cm³/mol. The van der Waals surface area contributed by atoms with Gasteiger partial charge < -0.3 is 9.47 Å². The highest BCUT2D eigenvalue weighted by Gasteiger charge is 2.06. The minimum Gasteiger partial charge on any atom is -0.490 e. The Kier molecular flexibility index (Phi) is 6.22. The van der Waals surface area contributed by atoms with Crippen LogP contribution in [-0.4, -0.2) is 17.8 Å². The van der Waals surface area contributed by atoms with Gasteiger partial charge >= 0.3 is 0 Å². The Hall–Kier alpha value is -2.86. The quantitative estimate of drug-likeness (QED) is 0.456. The highest BCUT2D eigenvalue weighted by molar-refractivity contribution is 7.13. The van der Waals surface area contributed by atoms with E-state index in [2.05, 4.69) is 15.5 Å². The van der Waals surface area contributed by atoms with E-state index in [-0.39, 0.29) is 0 Å².